The number of ether oxygens (including phenoxy) is 2. The SMILES string of the molecule is Cc1nc(-c2cccnc2)c(-c2ccc(OCCc3ccc(F)cc3)cc2)c(N2CCC(C)(C)CC2)c1C(OC(C)(C)C)C(=O)O. The van der Waals surface area contributed by atoms with E-state index in [4.69, 9.17) is 14.5 Å². The molecule has 2 aromatic heterocycles. The highest BCUT2D eigenvalue weighted by Gasteiger charge is 2.37. The van der Waals surface area contributed by atoms with Gasteiger partial charge in [0.15, 0.2) is 6.10 Å². The number of piperidine rings is 1. The number of benzene rings is 2. The fourth-order valence-corrected chi connectivity index (χ4v) is 5.91. The lowest BCUT2D eigenvalue weighted by Gasteiger charge is -2.41. The molecule has 1 aliphatic rings. The van der Waals surface area contributed by atoms with Crippen LogP contribution in [0.4, 0.5) is 10.1 Å². The van der Waals surface area contributed by atoms with E-state index < -0.39 is 17.7 Å². The molecule has 1 unspecified atom stereocenters. The molecule has 1 atom stereocenters. The van der Waals surface area contributed by atoms with Crippen molar-refractivity contribution in [1.82, 2.24) is 9.97 Å². The smallest absolute Gasteiger partial charge is 0.337 e. The summed E-state index contributed by atoms with van der Waals surface area (Å²) >= 11 is 0. The van der Waals surface area contributed by atoms with Crippen LogP contribution in [-0.4, -0.2) is 46.3 Å². The van der Waals surface area contributed by atoms with Crippen molar-refractivity contribution in [3.05, 3.63) is 95.7 Å². The number of carboxylic acids is 1. The number of carboxylic acid groups (broad SMARTS) is 1. The highest BCUT2D eigenvalue weighted by molar-refractivity contribution is 5.94. The summed E-state index contributed by atoms with van der Waals surface area (Å²) in [6.07, 6.45) is 4.89. The summed E-state index contributed by atoms with van der Waals surface area (Å²) in [7, 11) is 0. The van der Waals surface area contributed by atoms with Gasteiger partial charge in [0.2, 0.25) is 0 Å². The summed E-state index contributed by atoms with van der Waals surface area (Å²) in [4.78, 5) is 24.7. The molecule has 0 radical (unpaired) electrons. The van der Waals surface area contributed by atoms with Gasteiger partial charge in [-0.05, 0) is 93.5 Å². The number of halogens is 1. The van der Waals surface area contributed by atoms with E-state index in [0.717, 1.165) is 59.6 Å². The van der Waals surface area contributed by atoms with Crippen LogP contribution in [0.2, 0.25) is 0 Å². The maximum absolute atomic E-state index is 13.3. The Hall–Kier alpha value is -4.30. The topological polar surface area (TPSA) is 84.8 Å². The Labute approximate surface area is 271 Å². The zero-order valence-corrected chi connectivity index (χ0v) is 27.6. The van der Waals surface area contributed by atoms with Gasteiger partial charge >= 0.3 is 5.97 Å². The minimum absolute atomic E-state index is 0.187. The van der Waals surface area contributed by atoms with Crippen LogP contribution in [0.3, 0.4) is 0 Å². The molecule has 1 aliphatic heterocycles. The molecule has 1 fully saturated rings. The molecule has 0 spiro atoms. The number of anilines is 1. The average Bonchev–Trinajstić information content (AvgIpc) is 3.01. The first kappa shape index (κ1) is 33.1. The highest BCUT2D eigenvalue weighted by atomic mass is 19.1. The molecule has 0 aliphatic carbocycles. The second-order valence-electron chi connectivity index (χ2n) is 13.8. The normalized spacial score (nSPS) is 15.4. The van der Waals surface area contributed by atoms with E-state index in [2.05, 4.69) is 23.7 Å². The van der Waals surface area contributed by atoms with Gasteiger partial charge in [-0.1, -0.05) is 38.1 Å². The van der Waals surface area contributed by atoms with Crippen LogP contribution < -0.4 is 9.64 Å². The molecule has 3 heterocycles. The van der Waals surface area contributed by atoms with Gasteiger partial charge in [0, 0.05) is 54.3 Å². The number of aromatic nitrogens is 2. The maximum Gasteiger partial charge on any atom is 0.337 e. The van der Waals surface area contributed by atoms with Crippen molar-refractivity contribution in [2.45, 2.75) is 72.5 Å². The minimum Gasteiger partial charge on any atom is -0.493 e. The van der Waals surface area contributed by atoms with E-state index in [0.29, 0.717) is 30.0 Å². The molecular weight excluding hydrogens is 581 g/mol. The summed E-state index contributed by atoms with van der Waals surface area (Å²) < 4.78 is 25.6. The minimum atomic E-state index is -1.21. The zero-order valence-electron chi connectivity index (χ0n) is 27.6. The maximum atomic E-state index is 13.3. The largest absolute Gasteiger partial charge is 0.493 e. The highest BCUT2D eigenvalue weighted by Crippen LogP contribution is 2.47. The number of carbonyl (C=O) groups is 1. The molecule has 4 aromatic rings. The third-order valence-electron chi connectivity index (χ3n) is 8.44. The van der Waals surface area contributed by atoms with Gasteiger partial charge in [0.25, 0.3) is 0 Å². The Morgan fingerprint density at radius 1 is 1.02 bits per heavy atom. The summed E-state index contributed by atoms with van der Waals surface area (Å²) in [6, 6.07) is 18.2. The van der Waals surface area contributed by atoms with Crippen molar-refractivity contribution in [1.29, 1.82) is 0 Å². The van der Waals surface area contributed by atoms with E-state index >= 15 is 0 Å². The van der Waals surface area contributed by atoms with Crippen LogP contribution in [-0.2, 0) is 16.0 Å². The molecule has 2 aromatic carbocycles. The molecule has 46 heavy (non-hydrogen) atoms. The number of hydrogen-bond acceptors (Lipinski definition) is 6. The Kier molecular flexibility index (Phi) is 9.77. The first-order valence-electron chi connectivity index (χ1n) is 15.9. The average molecular weight is 626 g/mol. The van der Waals surface area contributed by atoms with Gasteiger partial charge in [0.1, 0.15) is 11.6 Å². The van der Waals surface area contributed by atoms with E-state index in [1.165, 1.54) is 12.1 Å². The summed E-state index contributed by atoms with van der Waals surface area (Å²) in [5.41, 5.74) is 5.81. The molecule has 0 saturated carbocycles. The molecular formula is C38H44FN3O4. The first-order chi connectivity index (χ1) is 21.8. The molecule has 8 heteroatoms. The predicted molar refractivity (Wildman–Crippen MR) is 180 cm³/mol. The van der Waals surface area contributed by atoms with Crippen LogP contribution in [0.5, 0.6) is 5.75 Å². The molecule has 7 nitrogen and oxygen atoms in total. The number of nitrogens with zero attached hydrogens (tertiary/aromatic N) is 3. The van der Waals surface area contributed by atoms with Crippen molar-refractivity contribution in [2.75, 3.05) is 24.6 Å². The lowest BCUT2D eigenvalue weighted by Crippen LogP contribution is -2.39. The second kappa shape index (κ2) is 13.6. The van der Waals surface area contributed by atoms with Gasteiger partial charge in [-0.3, -0.25) is 9.97 Å². The number of hydrogen-bond donors (Lipinski definition) is 1. The van der Waals surface area contributed by atoms with Crippen LogP contribution >= 0.6 is 0 Å². The third-order valence-corrected chi connectivity index (χ3v) is 8.44. The number of rotatable bonds is 10. The number of aliphatic carboxylic acids is 1. The second-order valence-corrected chi connectivity index (χ2v) is 13.8. The molecule has 0 bridgehead atoms. The molecule has 1 saturated heterocycles. The monoisotopic (exact) mass is 625 g/mol. The van der Waals surface area contributed by atoms with E-state index in [-0.39, 0.29) is 11.2 Å². The first-order valence-corrected chi connectivity index (χ1v) is 15.9. The van der Waals surface area contributed by atoms with Crippen LogP contribution in [0.15, 0.2) is 73.1 Å². The van der Waals surface area contributed by atoms with Crippen LogP contribution in [0.25, 0.3) is 22.4 Å². The molecule has 1 N–H and O–H groups in total. The lowest BCUT2D eigenvalue weighted by molar-refractivity contribution is -0.160. The fraction of sp³-hybridized carbons (Fsp3) is 0.395. The van der Waals surface area contributed by atoms with Crippen LogP contribution in [0, 0.1) is 18.2 Å². The molecule has 5 rings (SSSR count). The van der Waals surface area contributed by atoms with Crippen molar-refractivity contribution in [3.63, 3.8) is 0 Å². The molecule has 0 amide bonds. The van der Waals surface area contributed by atoms with Gasteiger partial charge in [-0.2, -0.15) is 0 Å². The van der Waals surface area contributed by atoms with Gasteiger partial charge < -0.3 is 19.5 Å². The standard InChI is InChI=1S/C38H44FN3O4/c1-25-31(35(36(43)44)46-37(2,3)4)34(42-21-18-38(5,6)19-22-42)32(33(41-25)28-8-7-20-40-24-28)27-11-15-30(16-12-27)45-23-17-26-9-13-29(39)14-10-26/h7-16,20,24,35H,17-19,21-23H2,1-6H3,(H,43,44). The predicted octanol–water partition coefficient (Wildman–Crippen LogP) is 8.45. The van der Waals surface area contributed by atoms with Crippen molar-refractivity contribution in [2.24, 2.45) is 5.41 Å². The van der Waals surface area contributed by atoms with Gasteiger partial charge in [0.05, 0.1) is 23.6 Å². The van der Waals surface area contributed by atoms with E-state index in [1.54, 1.807) is 24.5 Å². The van der Waals surface area contributed by atoms with Gasteiger partial charge in [-0.25, -0.2) is 9.18 Å². The zero-order chi connectivity index (χ0) is 33.1. The van der Waals surface area contributed by atoms with Gasteiger partial charge in [-0.15, -0.1) is 0 Å². The summed E-state index contributed by atoms with van der Waals surface area (Å²) in [5, 5.41) is 10.6. The lowest BCUT2D eigenvalue weighted by atomic mass is 9.81. The third kappa shape index (κ3) is 7.91. The van der Waals surface area contributed by atoms with Crippen LogP contribution in [0.1, 0.15) is 70.4 Å². The van der Waals surface area contributed by atoms with Crippen molar-refractivity contribution >= 4 is 11.7 Å². The Morgan fingerprint density at radius 3 is 2.28 bits per heavy atom. The number of aryl methyl sites for hydroxylation is 1. The Balaban J connectivity index is 1.63. The Morgan fingerprint density at radius 2 is 1.70 bits per heavy atom. The summed E-state index contributed by atoms with van der Waals surface area (Å²) in [5.74, 6) is -0.606. The van der Waals surface area contributed by atoms with Crippen molar-refractivity contribution < 1.29 is 23.8 Å². The fourth-order valence-electron chi connectivity index (χ4n) is 5.91. The van der Waals surface area contributed by atoms with E-state index in [9.17, 15) is 14.3 Å². The number of pyridine rings is 2. The van der Waals surface area contributed by atoms with Crippen molar-refractivity contribution in [3.8, 4) is 28.1 Å². The Bertz CT molecular complexity index is 1640. The van der Waals surface area contributed by atoms with E-state index in [1.807, 2.05) is 64.1 Å². The summed E-state index contributed by atoms with van der Waals surface area (Å²) in [6.45, 7) is 14.0. The quantitative estimate of drug-likeness (QED) is 0.189. The molecule has 242 valence electrons.